The Bertz CT molecular complexity index is 552. The molecule has 0 radical (unpaired) electrons. The van der Waals surface area contributed by atoms with Gasteiger partial charge in [0.25, 0.3) is 0 Å². The summed E-state index contributed by atoms with van der Waals surface area (Å²) in [5.41, 5.74) is 0.756. The van der Waals surface area contributed by atoms with Crippen molar-refractivity contribution in [1.29, 1.82) is 0 Å². The molecule has 1 aromatic carbocycles. The third kappa shape index (κ3) is 4.97. The summed E-state index contributed by atoms with van der Waals surface area (Å²) in [5, 5.41) is 5.36. The zero-order valence-corrected chi connectivity index (χ0v) is 13.1. The molecule has 6 heteroatoms. The highest BCUT2D eigenvalue weighted by atomic mass is 32.2. The maximum absolute atomic E-state index is 12.4. The molecule has 1 unspecified atom stereocenters. The second-order valence-corrected chi connectivity index (χ2v) is 6.52. The Morgan fingerprint density at radius 3 is 2.57 bits per heavy atom. The Kier molecular flexibility index (Phi) is 5.58. The van der Waals surface area contributed by atoms with Crippen molar-refractivity contribution in [1.82, 2.24) is 0 Å². The number of para-hydroxylation sites is 1. The summed E-state index contributed by atoms with van der Waals surface area (Å²) in [6.45, 7) is 2.06. The average molecular weight is 331 g/mol. The van der Waals surface area contributed by atoms with Crippen molar-refractivity contribution in [2.45, 2.75) is 30.5 Å². The van der Waals surface area contributed by atoms with E-state index in [2.05, 4.69) is 12.2 Å². The third-order valence-corrected chi connectivity index (χ3v) is 5.03. The summed E-state index contributed by atoms with van der Waals surface area (Å²) in [6, 6.07) is 11.3. The zero-order chi connectivity index (χ0) is 15.3. The molecule has 1 N–H and O–H groups in total. The van der Waals surface area contributed by atoms with Crippen LogP contribution in [0, 0.1) is 0 Å². The highest BCUT2D eigenvalue weighted by Crippen LogP contribution is 2.35. The fourth-order valence-electron chi connectivity index (χ4n) is 1.92. The van der Waals surface area contributed by atoms with Gasteiger partial charge in [-0.05, 0) is 30.0 Å². The van der Waals surface area contributed by atoms with Gasteiger partial charge in [-0.3, -0.25) is 0 Å². The number of halogens is 3. The number of hydrogen-bond donors (Lipinski definition) is 1. The molecule has 0 spiro atoms. The van der Waals surface area contributed by atoms with Crippen molar-refractivity contribution >= 4 is 28.8 Å². The van der Waals surface area contributed by atoms with Gasteiger partial charge in [-0.15, -0.1) is 23.1 Å². The van der Waals surface area contributed by atoms with Gasteiger partial charge < -0.3 is 5.32 Å². The van der Waals surface area contributed by atoms with Crippen molar-refractivity contribution in [2.75, 3.05) is 11.1 Å². The first-order chi connectivity index (χ1) is 9.99. The van der Waals surface area contributed by atoms with E-state index in [-0.39, 0.29) is 6.04 Å². The lowest BCUT2D eigenvalue weighted by Crippen LogP contribution is -2.12. The van der Waals surface area contributed by atoms with Gasteiger partial charge >= 0.3 is 6.18 Å². The Hall–Kier alpha value is -1.14. The molecule has 0 aliphatic heterocycles. The van der Waals surface area contributed by atoms with E-state index in [1.165, 1.54) is 4.88 Å². The molecule has 1 heterocycles. The number of benzene rings is 1. The van der Waals surface area contributed by atoms with Gasteiger partial charge in [0.2, 0.25) is 0 Å². The van der Waals surface area contributed by atoms with Gasteiger partial charge in [-0.1, -0.05) is 25.1 Å². The molecule has 0 amide bonds. The summed E-state index contributed by atoms with van der Waals surface area (Å²) in [5.74, 6) is -0.874. The normalized spacial score (nSPS) is 13.1. The summed E-state index contributed by atoms with van der Waals surface area (Å²) in [7, 11) is 0. The van der Waals surface area contributed by atoms with Crippen molar-refractivity contribution in [2.24, 2.45) is 0 Å². The van der Waals surface area contributed by atoms with Crippen LogP contribution in [0.25, 0.3) is 0 Å². The van der Waals surface area contributed by atoms with Crippen LogP contribution in [0.1, 0.15) is 24.3 Å². The van der Waals surface area contributed by atoms with Crippen LogP contribution in [0.2, 0.25) is 0 Å². The van der Waals surface area contributed by atoms with Crippen LogP contribution in [0.15, 0.2) is 46.7 Å². The summed E-state index contributed by atoms with van der Waals surface area (Å²) in [6.07, 6.45) is -3.28. The van der Waals surface area contributed by atoms with Gasteiger partial charge in [-0.25, -0.2) is 0 Å². The predicted molar refractivity (Wildman–Crippen MR) is 84.2 cm³/mol. The standard InChI is InChI=1S/C15H16F3NS2/c1-2-11(13-8-5-9-20-13)19-12-6-3-4-7-14(12)21-10-15(16,17)18/h3-9,11,19H,2,10H2,1H3. The van der Waals surface area contributed by atoms with Crippen LogP contribution in [-0.4, -0.2) is 11.9 Å². The van der Waals surface area contributed by atoms with Crippen LogP contribution < -0.4 is 5.32 Å². The molecular weight excluding hydrogens is 315 g/mol. The van der Waals surface area contributed by atoms with Crippen molar-refractivity contribution in [3.63, 3.8) is 0 Å². The molecule has 2 aromatic rings. The monoisotopic (exact) mass is 331 g/mol. The average Bonchev–Trinajstić information content (AvgIpc) is 2.96. The highest BCUT2D eigenvalue weighted by Gasteiger charge is 2.27. The lowest BCUT2D eigenvalue weighted by atomic mass is 10.1. The first kappa shape index (κ1) is 16.2. The van der Waals surface area contributed by atoms with Crippen LogP contribution in [0.4, 0.5) is 18.9 Å². The Balaban J connectivity index is 2.12. The fourth-order valence-corrected chi connectivity index (χ4v) is 3.56. The van der Waals surface area contributed by atoms with Crippen molar-refractivity contribution < 1.29 is 13.2 Å². The topological polar surface area (TPSA) is 12.0 Å². The van der Waals surface area contributed by atoms with E-state index in [0.29, 0.717) is 4.90 Å². The number of alkyl halides is 3. The Morgan fingerprint density at radius 1 is 1.19 bits per heavy atom. The van der Waals surface area contributed by atoms with E-state index in [1.54, 1.807) is 23.5 Å². The predicted octanol–water partition coefficient (Wildman–Crippen LogP) is 5.97. The molecule has 0 aliphatic carbocycles. The van der Waals surface area contributed by atoms with E-state index in [9.17, 15) is 13.2 Å². The van der Waals surface area contributed by atoms with Crippen LogP contribution in [-0.2, 0) is 0 Å². The molecule has 2 rings (SSSR count). The van der Waals surface area contributed by atoms with Crippen molar-refractivity contribution in [3.05, 3.63) is 46.7 Å². The van der Waals surface area contributed by atoms with Gasteiger partial charge in [-0.2, -0.15) is 13.2 Å². The van der Waals surface area contributed by atoms with E-state index in [1.807, 2.05) is 29.6 Å². The van der Waals surface area contributed by atoms with E-state index in [0.717, 1.165) is 23.9 Å². The third-order valence-electron chi connectivity index (χ3n) is 2.90. The number of hydrogen-bond acceptors (Lipinski definition) is 3. The number of rotatable bonds is 6. The maximum Gasteiger partial charge on any atom is 0.398 e. The SMILES string of the molecule is CCC(Nc1ccccc1SCC(F)(F)F)c1cccs1. The van der Waals surface area contributed by atoms with Gasteiger partial charge in [0.1, 0.15) is 0 Å². The van der Waals surface area contributed by atoms with E-state index >= 15 is 0 Å². The highest BCUT2D eigenvalue weighted by molar-refractivity contribution is 7.99. The number of anilines is 1. The number of thiophene rings is 1. The molecule has 0 saturated carbocycles. The minimum Gasteiger partial charge on any atom is -0.377 e. The lowest BCUT2D eigenvalue weighted by Gasteiger charge is -2.19. The molecule has 1 atom stereocenters. The molecule has 0 fully saturated rings. The lowest BCUT2D eigenvalue weighted by molar-refractivity contribution is -0.105. The quantitative estimate of drug-likeness (QED) is 0.655. The maximum atomic E-state index is 12.4. The van der Waals surface area contributed by atoms with Crippen LogP contribution in [0.5, 0.6) is 0 Å². The van der Waals surface area contributed by atoms with Gasteiger partial charge in [0.15, 0.2) is 0 Å². The van der Waals surface area contributed by atoms with Gasteiger partial charge in [0.05, 0.1) is 11.8 Å². The van der Waals surface area contributed by atoms with E-state index < -0.39 is 11.9 Å². The fraction of sp³-hybridized carbons (Fsp3) is 0.333. The summed E-state index contributed by atoms with van der Waals surface area (Å²) in [4.78, 5) is 1.82. The summed E-state index contributed by atoms with van der Waals surface area (Å²) < 4.78 is 37.2. The molecule has 0 saturated heterocycles. The molecule has 21 heavy (non-hydrogen) atoms. The Morgan fingerprint density at radius 2 is 1.95 bits per heavy atom. The zero-order valence-electron chi connectivity index (χ0n) is 11.5. The second kappa shape index (κ2) is 7.22. The van der Waals surface area contributed by atoms with Crippen LogP contribution in [0.3, 0.4) is 0 Å². The smallest absolute Gasteiger partial charge is 0.377 e. The van der Waals surface area contributed by atoms with Gasteiger partial charge in [0, 0.05) is 15.5 Å². The number of thioether (sulfide) groups is 1. The second-order valence-electron chi connectivity index (χ2n) is 4.52. The Labute approximate surface area is 130 Å². The van der Waals surface area contributed by atoms with Crippen LogP contribution >= 0.6 is 23.1 Å². The van der Waals surface area contributed by atoms with E-state index in [4.69, 9.17) is 0 Å². The molecule has 114 valence electrons. The first-order valence-electron chi connectivity index (χ1n) is 6.58. The molecule has 0 aliphatic rings. The molecule has 0 bridgehead atoms. The summed E-state index contributed by atoms with van der Waals surface area (Å²) >= 11 is 2.47. The number of nitrogens with one attached hydrogen (secondary N) is 1. The molecular formula is C15H16F3NS2. The largest absolute Gasteiger partial charge is 0.398 e. The minimum atomic E-state index is -4.16. The molecule has 1 nitrogen and oxygen atoms in total. The van der Waals surface area contributed by atoms with Crippen molar-refractivity contribution in [3.8, 4) is 0 Å². The minimum absolute atomic E-state index is 0.123. The molecule has 1 aromatic heterocycles. The first-order valence-corrected chi connectivity index (χ1v) is 8.44.